The molecule has 0 aromatic carbocycles. The number of hydrogen-bond donors (Lipinski definition) is 2. The van der Waals surface area contributed by atoms with Gasteiger partial charge in [-0.05, 0) is 33.6 Å². The zero-order chi connectivity index (χ0) is 14.5. The van der Waals surface area contributed by atoms with Crippen LogP contribution in [-0.2, 0) is 4.79 Å². The minimum absolute atomic E-state index is 0.174. The average Bonchev–Trinajstić information content (AvgIpc) is 2.76. The van der Waals surface area contributed by atoms with Crippen molar-refractivity contribution in [3.8, 4) is 0 Å². The third-order valence-electron chi connectivity index (χ3n) is 2.43. The van der Waals surface area contributed by atoms with E-state index in [0.29, 0.717) is 0 Å². The second kappa shape index (κ2) is 7.09. The van der Waals surface area contributed by atoms with E-state index in [-0.39, 0.29) is 17.2 Å². The van der Waals surface area contributed by atoms with Gasteiger partial charge in [-0.15, -0.1) is 0 Å². The summed E-state index contributed by atoms with van der Waals surface area (Å²) in [6.45, 7) is 7.51. The maximum Gasteiger partial charge on any atom is 0.321 e. The van der Waals surface area contributed by atoms with Gasteiger partial charge in [0, 0.05) is 18.6 Å². The van der Waals surface area contributed by atoms with Crippen molar-refractivity contribution < 1.29 is 9.59 Å². The number of urea groups is 1. The molecule has 5 nitrogen and oxygen atoms in total. The van der Waals surface area contributed by atoms with Crippen LogP contribution in [0.15, 0.2) is 0 Å². The largest absolute Gasteiger partial charge is 0.358 e. The van der Waals surface area contributed by atoms with Gasteiger partial charge in [-0.25, -0.2) is 4.79 Å². The van der Waals surface area contributed by atoms with Crippen LogP contribution in [0.4, 0.5) is 4.79 Å². The summed E-state index contributed by atoms with van der Waals surface area (Å²) in [7, 11) is 0. The SMILES string of the molecule is CC(C)(C)NC(=O)NC(=O)CSC(=S)N1CCCC1. The molecule has 0 aliphatic carbocycles. The predicted octanol–water partition coefficient (Wildman–Crippen LogP) is 1.72. The predicted molar refractivity (Wildman–Crippen MR) is 82.3 cm³/mol. The first-order chi connectivity index (χ1) is 8.78. The average molecular weight is 303 g/mol. The standard InChI is InChI=1S/C12H21N3O2S2/c1-12(2,3)14-10(17)13-9(16)8-19-11(18)15-6-4-5-7-15/h4-8H2,1-3H3,(H2,13,14,16,17). The van der Waals surface area contributed by atoms with Gasteiger partial charge in [-0.2, -0.15) is 0 Å². The number of nitrogens with zero attached hydrogens (tertiary/aromatic N) is 1. The lowest BCUT2D eigenvalue weighted by atomic mass is 10.1. The molecule has 2 N–H and O–H groups in total. The zero-order valence-corrected chi connectivity index (χ0v) is 13.2. The highest BCUT2D eigenvalue weighted by Gasteiger charge is 2.18. The molecule has 0 unspecified atom stereocenters. The summed E-state index contributed by atoms with van der Waals surface area (Å²) >= 11 is 6.55. The smallest absolute Gasteiger partial charge is 0.321 e. The van der Waals surface area contributed by atoms with E-state index in [9.17, 15) is 9.59 Å². The molecule has 1 fully saturated rings. The van der Waals surface area contributed by atoms with Crippen molar-refractivity contribution in [1.82, 2.24) is 15.5 Å². The third kappa shape index (κ3) is 6.77. The molecule has 0 saturated carbocycles. The number of carbonyl (C=O) groups excluding carboxylic acids is 2. The van der Waals surface area contributed by atoms with Crippen molar-refractivity contribution in [3.63, 3.8) is 0 Å². The van der Waals surface area contributed by atoms with Gasteiger partial charge in [0.25, 0.3) is 0 Å². The van der Waals surface area contributed by atoms with E-state index in [4.69, 9.17) is 12.2 Å². The molecular weight excluding hydrogens is 282 g/mol. The Kier molecular flexibility index (Phi) is 6.06. The van der Waals surface area contributed by atoms with Crippen molar-refractivity contribution in [3.05, 3.63) is 0 Å². The Bertz CT molecular complexity index is 360. The molecule has 1 saturated heterocycles. The van der Waals surface area contributed by atoms with E-state index in [1.807, 2.05) is 20.8 Å². The molecule has 108 valence electrons. The Balaban J connectivity index is 2.24. The van der Waals surface area contributed by atoms with Gasteiger partial charge >= 0.3 is 6.03 Å². The van der Waals surface area contributed by atoms with Crippen LogP contribution in [-0.4, -0.2) is 45.5 Å². The molecule has 1 rings (SSSR count). The van der Waals surface area contributed by atoms with Crippen molar-refractivity contribution in [2.24, 2.45) is 0 Å². The van der Waals surface area contributed by atoms with Crippen molar-refractivity contribution in [2.75, 3.05) is 18.8 Å². The maximum absolute atomic E-state index is 11.6. The summed E-state index contributed by atoms with van der Waals surface area (Å²) in [5.74, 6) is -0.152. The van der Waals surface area contributed by atoms with Crippen LogP contribution in [0, 0.1) is 0 Å². The lowest BCUT2D eigenvalue weighted by Crippen LogP contribution is -2.48. The first-order valence-electron chi connectivity index (χ1n) is 6.31. The zero-order valence-electron chi connectivity index (χ0n) is 11.6. The summed E-state index contributed by atoms with van der Waals surface area (Å²) in [6, 6.07) is -0.467. The van der Waals surface area contributed by atoms with Crippen LogP contribution < -0.4 is 10.6 Å². The molecule has 19 heavy (non-hydrogen) atoms. The molecule has 1 heterocycles. The molecule has 3 amide bonds. The molecule has 0 radical (unpaired) electrons. The highest BCUT2D eigenvalue weighted by molar-refractivity contribution is 8.23. The van der Waals surface area contributed by atoms with E-state index < -0.39 is 6.03 Å². The lowest BCUT2D eigenvalue weighted by molar-refractivity contribution is -0.117. The third-order valence-corrected chi connectivity index (χ3v) is 3.96. The molecule has 0 aromatic rings. The fraction of sp³-hybridized carbons (Fsp3) is 0.750. The lowest BCUT2D eigenvalue weighted by Gasteiger charge is -2.20. The van der Waals surface area contributed by atoms with Gasteiger partial charge in [0.2, 0.25) is 5.91 Å². The number of imide groups is 1. The minimum atomic E-state index is -0.467. The number of amides is 3. The molecule has 0 aromatic heterocycles. The Hall–Kier alpha value is -0.820. The number of likely N-dealkylation sites (tertiary alicyclic amines) is 1. The van der Waals surface area contributed by atoms with Crippen LogP contribution in [0.2, 0.25) is 0 Å². The Labute approximate surface area is 123 Å². The molecular formula is C12H21N3O2S2. The summed E-state index contributed by atoms with van der Waals surface area (Å²) < 4.78 is 0.740. The summed E-state index contributed by atoms with van der Waals surface area (Å²) in [4.78, 5) is 25.2. The number of rotatable bonds is 2. The topological polar surface area (TPSA) is 61.4 Å². The van der Waals surface area contributed by atoms with Crippen LogP contribution in [0.5, 0.6) is 0 Å². The van der Waals surface area contributed by atoms with Gasteiger partial charge < -0.3 is 10.2 Å². The van der Waals surface area contributed by atoms with Crippen LogP contribution in [0.3, 0.4) is 0 Å². The normalized spacial score (nSPS) is 15.2. The van der Waals surface area contributed by atoms with E-state index in [2.05, 4.69) is 15.5 Å². The van der Waals surface area contributed by atoms with E-state index in [1.54, 1.807) is 0 Å². The molecule has 1 aliphatic heterocycles. The monoisotopic (exact) mass is 303 g/mol. The summed E-state index contributed by atoms with van der Waals surface area (Å²) in [5.41, 5.74) is -0.359. The maximum atomic E-state index is 11.6. The van der Waals surface area contributed by atoms with E-state index >= 15 is 0 Å². The number of nitrogens with one attached hydrogen (secondary N) is 2. The second-order valence-corrected chi connectivity index (χ2v) is 7.11. The second-order valence-electron chi connectivity index (χ2n) is 5.50. The van der Waals surface area contributed by atoms with Crippen molar-refractivity contribution >= 4 is 40.2 Å². The van der Waals surface area contributed by atoms with Crippen LogP contribution >= 0.6 is 24.0 Å². The van der Waals surface area contributed by atoms with Gasteiger partial charge in [0.05, 0.1) is 5.75 Å². The minimum Gasteiger partial charge on any atom is -0.358 e. The first kappa shape index (κ1) is 16.2. The number of thiocarbonyl (C=S) groups is 1. The van der Waals surface area contributed by atoms with Crippen molar-refractivity contribution in [1.29, 1.82) is 0 Å². The van der Waals surface area contributed by atoms with E-state index in [0.717, 1.165) is 30.3 Å². The molecule has 0 atom stereocenters. The number of hydrogen-bond acceptors (Lipinski definition) is 4. The van der Waals surface area contributed by atoms with Gasteiger partial charge in [0.1, 0.15) is 4.32 Å². The highest BCUT2D eigenvalue weighted by Crippen LogP contribution is 2.15. The van der Waals surface area contributed by atoms with E-state index in [1.165, 1.54) is 11.8 Å². The highest BCUT2D eigenvalue weighted by atomic mass is 32.2. The van der Waals surface area contributed by atoms with Crippen molar-refractivity contribution in [2.45, 2.75) is 39.2 Å². The van der Waals surface area contributed by atoms with Crippen LogP contribution in [0.1, 0.15) is 33.6 Å². The van der Waals surface area contributed by atoms with Crippen LogP contribution in [0.25, 0.3) is 0 Å². The molecule has 0 spiro atoms. The summed E-state index contributed by atoms with van der Waals surface area (Å²) in [5, 5.41) is 4.96. The molecule has 7 heteroatoms. The Morgan fingerprint density at radius 2 is 1.84 bits per heavy atom. The van der Waals surface area contributed by atoms with Gasteiger partial charge in [-0.3, -0.25) is 10.1 Å². The van der Waals surface area contributed by atoms with Gasteiger partial charge in [0.15, 0.2) is 0 Å². The fourth-order valence-electron chi connectivity index (χ4n) is 1.65. The molecule has 0 bridgehead atoms. The fourth-order valence-corrected chi connectivity index (χ4v) is 2.70. The molecule has 1 aliphatic rings. The first-order valence-corrected chi connectivity index (χ1v) is 7.71. The summed E-state index contributed by atoms with van der Waals surface area (Å²) in [6.07, 6.45) is 2.31. The van der Waals surface area contributed by atoms with Gasteiger partial charge in [-0.1, -0.05) is 24.0 Å². The number of thioether (sulfide) groups is 1. The number of carbonyl (C=O) groups is 2. The Morgan fingerprint density at radius 1 is 1.26 bits per heavy atom. The Morgan fingerprint density at radius 3 is 2.37 bits per heavy atom. The quantitative estimate of drug-likeness (QED) is 0.761.